The molecule has 0 aromatic carbocycles. The summed E-state index contributed by atoms with van der Waals surface area (Å²) in [7, 11) is 3.13. The second-order valence-electron chi connectivity index (χ2n) is 6.03. The molecule has 6 amide bonds. The van der Waals surface area contributed by atoms with Crippen molar-refractivity contribution in [2.24, 2.45) is 10.8 Å². The lowest BCUT2D eigenvalue weighted by molar-refractivity contribution is -0.209. The van der Waals surface area contributed by atoms with Crippen molar-refractivity contribution >= 4 is 23.9 Å². The number of amides is 6. The van der Waals surface area contributed by atoms with Crippen LogP contribution in [0.2, 0.25) is 0 Å². The van der Waals surface area contributed by atoms with Crippen molar-refractivity contribution in [3.8, 4) is 0 Å². The minimum absolute atomic E-state index is 0.470. The number of nitrogens with zero attached hydrogens (tertiary/aromatic N) is 2. The molecule has 0 radical (unpaired) electrons. The second kappa shape index (κ2) is 3.31. The molecule has 3 rings (SSSR count). The largest absolute Gasteiger partial charge is 0.324 e. The molecule has 1 saturated carbocycles. The zero-order chi connectivity index (χ0) is 15.0. The van der Waals surface area contributed by atoms with E-state index in [1.165, 1.54) is 9.80 Å². The molecule has 108 valence electrons. The Bertz CT molecular complexity index is 526. The Balaban J connectivity index is 2.15. The summed E-state index contributed by atoms with van der Waals surface area (Å²) >= 11 is 0. The molecule has 2 aliphatic heterocycles. The first-order valence-corrected chi connectivity index (χ1v) is 6.34. The fourth-order valence-electron chi connectivity index (χ4n) is 3.97. The number of nitrogens with one attached hydrogen (secondary N) is 2. The van der Waals surface area contributed by atoms with E-state index in [1.807, 2.05) is 0 Å². The van der Waals surface area contributed by atoms with Gasteiger partial charge in [-0.2, -0.15) is 0 Å². The van der Waals surface area contributed by atoms with Gasteiger partial charge in [-0.1, -0.05) is 0 Å². The molecule has 8 nitrogen and oxygen atoms in total. The lowest BCUT2D eigenvalue weighted by Crippen LogP contribution is -2.90. The number of rotatable bonds is 0. The van der Waals surface area contributed by atoms with Crippen LogP contribution in [0, 0.1) is 10.8 Å². The lowest BCUT2D eigenvalue weighted by Gasteiger charge is -2.70. The molecule has 2 N–H and O–H groups in total. The zero-order valence-corrected chi connectivity index (χ0v) is 11.7. The summed E-state index contributed by atoms with van der Waals surface area (Å²) in [6.45, 7) is 3.32. The third-order valence-corrected chi connectivity index (χ3v) is 5.42. The van der Waals surface area contributed by atoms with Gasteiger partial charge in [-0.05, 0) is 13.8 Å². The Hall–Kier alpha value is -2.12. The van der Waals surface area contributed by atoms with Crippen LogP contribution < -0.4 is 10.6 Å². The van der Waals surface area contributed by atoms with Crippen LogP contribution in [0.1, 0.15) is 13.8 Å². The van der Waals surface area contributed by atoms with Crippen molar-refractivity contribution in [1.29, 1.82) is 0 Å². The molecule has 4 atom stereocenters. The minimum atomic E-state index is -1.06. The Labute approximate surface area is 115 Å². The number of carbonyl (C=O) groups is 4. The smallest absolute Gasteiger partial charge is 0.321 e. The molecule has 0 bridgehead atoms. The topological polar surface area (TPSA) is 98.8 Å². The Morgan fingerprint density at radius 1 is 0.800 bits per heavy atom. The molecule has 1 aliphatic carbocycles. The Morgan fingerprint density at radius 3 is 1.40 bits per heavy atom. The van der Waals surface area contributed by atoms with Gasteiger partial charge >= 0.3 is 12.1 Å². The number of likely N-dealkylation sites (N-methyl/N-ethyl adjacent to an activating group) is 2. The first-order valence-electron chi connectivity index (χ1n) is 6.34. The van der Waals surface area contributed by atoms with Crippen LogP contribution in [0.3, 0.4) is 0 Å². The van der Waals surface area contributed by atoms with Crippen molar-refractivity contribution < 1.29 is 19.2 Å². The first kappa shape index (κ1) is 12.9. The van der Waals surface area contributed by atoms with Gasteiger partial charge in [0, 0.05) is 14.1 Å². The third-order valence-electron chi connectivity index (χ3n) is 5.42. The molecule has 2 saturated heterocycles. The number of imide groups is 2. The van der Waals surface area contributed by atoms with Gasteiger partial charge in [0.25, 0.3) is 0 Å². The highest BCUT2D eigenvalue weighted by molar-refractivity contribution is 6.10. The fourth-order valence-corrected chi connectivity index (χ4v) is 3.97. The molecule has 3 fully saturated rings. The van der Waals surface area contributed by atoms with Crippen LogP contribution >= 0.6 is 0 Å². The summed E-state index contributed by atoms with van der Waals surface area (Å²) in [6.07, 6.45) is 0. The van der Waals surface area contributed by atoms with Crippen LogP contribution in [-0.4, -0.2) is 59.9 Å². The summed E-state index contributed by atoms with van der Waals surface area (Å²) in [5, 5.41) is 4.54. The lowest BCUT2D eigenvalue weighted by atomic mass is 9.42. The van der Waals surface area contributed by atoms with E-state index in [0.717, 1.165) is 0 Å². The van der Waals surface area contributed by atoms with Gasteiger partial charge in [-0.15, -0.1) is 0 Å². The van der Waals surface area contributed by atoms with Gasteiger partial charge in [-0.3, -0.25) is 20.2 Å². The number of fused-ring (bicyclic) bond motifs is 4. The minimum Gasteiger partial charge on any atom is -0.321 e. The number of hydrogen-bond donors (Lipinski definition) is 2. The summed E-state index contributed by atoms with van der Waals surface area (Å²) in [4.78, 5) is 50.9. The average Bonchev–Trinajstić information content (AvgIpc) is 2.37. The highest BCUT2D eigenvalue weighted by Gasteiger charge is 2.80. The number of carbonyl (C=O) groups excluding carboxylic acids is 4. The maximum absolute atomic E-state index is 12.3. The standard InChI is InChI=1S/C12H16N4O4/c1-11-5(15(3)9(19)13-7(11)17)6-12(11,2)8(18)14-10(20)16(6)4/h5-6H,1-4H3,(H,13,17,19)(H,14,18,20). The average molecular weight is 280 g/mol. The van der Waals surface area contributed by atoms with Gasteiger partial charge in [0.15, 0.2) is 0 Å². The second-order valence-corrected chi connectivity index (χ2v) is 6.03. The van der Waals surface area contributed by atoms with Gasteiger partial charge in [0.2, 0.25) is 11.8 Å². The van der Waals surface area contributed by atoms with E-state index in [-0.39, 0.29) is 0 Å². The molecule has 0 aromatic rings. The van der Waals surface area contributed by atoms with Crippen LogP contribution in [0.5, 0.6) is 0 Å². The van der Waals surface area contributed by atoms with Crippen LogP contribution in [0.25, 0.3) is 0 Å². The van der Waals surface area contributed by atoms with Gasteiger partial charge < -0.3 is 9.80 Å². The molecular weight excluding hydrogens is 264 g/mol. The van der Waals surface area contributed by atoms with Crippen molar-refractivity contribution in [3.05, 3.63) is 0 Å². The maximum atomic E-state index is 12.3. The molecule has 0 aromatic heterocycles. The summed E-state index contributed by atoms with van der Waals surface area (Å²) < 4.78 is 0. The van der Waals surface area contributed by atoms with Crippen molar-refractivity contribution in [3.63, 3.8) is 0 Å². The molecule has 4 unspecified atom stereocenters. The Kier molecular flexibility index (Phi) is 2.13. The fraction of sp³-hybridized carbons (Fsp3) is 0.667. The predicted octanol–water partition coefficient (Wildman–Crippen LogP) is -0.887. The van der Waals surface area contributed by atoms with Crippen molar-refractivity contribution in [2.75, 3.05) is 14.1 Å². The maximum Gasteiger partial charge on any atom is 0.324 e. The number of urea groups is 2. The zero-order valence-electron chi connectivity index (χ0n) is 11.7. The first-order chi connectivity index (χ1) is 9.17. The summed E-state index contributed by atoms with van der Waals surface area (Å²) in [6, 6.07) is -2.03. The third kappa shape index (κ3) is 1.01. The quantitative estimate of drug-likeness (QED) is 0.601. The van der Waals surface area contributed by atoms with Gasteiger partial charge in [0.05, 0.1) is 22.9 Å². The highest BCUT2D eigenvalue weighted by atomic mass is 16.2. The molecule has 8 heteroatoms. The summed E-state index contributed by atoms with van der Waals surface area (Å²) in [5.74, 6) is -0.940. The molecular formula is C12H16N4O4. The van der Waals surface area contributed by atoms with E-state index in [1.54, 1.807) is 27.9 Å². The number of hydrogen-bond acceptors (Lipinski definition) is 4. The Morgan fingerprint density at radius 2 is 1.10 bits per heavy atom. The summed E-state index contributed by atoms with van der Waals surface area (Å²) in [5.41, 5.74) is -2.11. The van der Waals surface area contributed by atoms with E-state index < -0.39 is 46.8 Å². The van der Waals surface area contributed by atoms with Crippen molar-refractivity contribution in [1.82, 2.24) is 20.4 Å². The van der Waals surface area contributed by atoms with Crippen LogP contribution in [-0.2, 0) is 9.59 Å². The SMILES string of the molecule is CN1C(=O)NC(=O)C2(C)C1C1N(C)C(=O)NC(=O)C12C. The van der Waals surface area contributed by atoms with E-state index in [2.05, 4.69) is 10.6 Å². The van der Waals surface area contributed by atoms with E-state index in [4.69, 9.17) is 0 Å². The van der Waals surface area contributed by atoms with E-state index >= 15 is 0 Å². The van der Waals surface area contributed by atoms with Gasteiger partial charge in [0.1, 0.15) is 0 Å². The predicted molar refractivity (Wildman–Crippen MR) is 66.4 cm³/mol. The van der Waals surface area contributed by atoms with Crippen LogP contribution in [0.4, 0.5) is 9.59 Å². The molecule has 3 aliphatic rings. The van der Waals surface area contributed by atoms with Crippen molar-refractivity contribution in [2.45, 2.75) is 25.9 Å². The monoisotopic (exact) mass is 280 g/mol. The highest BCUT2D eigenvalue weighted by Crippen LogP contribution is 2.62. The molecule has 2 heterocycles. The normalized spacial score (nSPS) is 43.4. The molecule has 20 heavy (non-hydrogen) atoms. The van der Waals surface area contributed by atoms with E-state index in [0.29, 0.717) is 0 Å². The van der Waals surface area contributed by atoms with Crippen LogP contribution in [0.15, 0.2) is 0 Å². The van der Waals surface area contributed by atoms with Gasteiger partial charge in [-0.25, -0.2) is 9.59 Å². The molecule has 0 spiro atoms. The van der Waals surface area contributed by atoms with E-state index in [9.17, 15) is 19.2 Å².